The van der Waals surface area contributed by atoms with Crippen LogP contribution < -0.4 is 4.90 Å². The summed E-state index contributed by atoms with van der Waals surface area (Å²) in [5, 5.41) is 10.2. The van der Waals surface area contributed by atoms with Gasteiger partial charge in [0, 0.05) is 25.7 Å². The molecule has 0 amide bonds. The van der Waals surface area contributed by atoms with Gasteiger partial charge in [0.25, 0.3) is 0 Å². The van der Waals surface area contributed by atoms with Gasteiger partial charge in [-0.05, 0) is 31.0 Å². The summed E-state index contributed by atoms with van der Waals surface area (Å²) in [4.78, 5) is 6.34. The third-order valence-corrected chi connectivity index (χ3v) is 2.85. The van der Waals surface area contributed by atoms with Gasteiger partial charge in [-0.25, -0.2) is 0 Å². The first kappa shape index (κ1) is 11.4. The normalized spacial score (nSPS) is 10.3. The van der Waals surface area contributed by atoms with Gasteiger partial charge in [0.05, 0.1) is 16.8 Å². The van der Waals surface area contributed by atoms with Gasteiger partial charge in [0.2, 0.25) is 0 Å². The second kappa shape index (κ2) is 4.06. The molecule has 0 saturated carbocycles. The van der Waals surface area contributed by atoms with E-state index in [1.54, 1.807) is 6.20 Å². The molecule has 0 aliphatic rings. The van der Waals surface area contributed by atoms with E-state index in [9.17, 15) is 0 Å². The van der Waals surface area contributed by atoms with Gasteiger partial charge in [-0.2, -0.15) is 5.26 Å². The van der Waals surface area contributed by atoms with E-state index in [4.69, 9.17) is 5.26 Å². The van der Waals surface area contributed by atoms with Crippen LogP contribution in [-0.4, -0.2) is 19.1 Å². The lowest BCUT2D eigenvalue weighted by molar-refractivity contribution is 1.12. The maximum atomic E-state index is 9.16. The lowest BCUT2D eigenvalue weighted by atomic mass is 10.0. The zero-order chi connectivity index (χ0) is 12.6. The number of nitrogens with zero attached hydrogens (tertiary/aromatic N) is 3. The molecule has 0 aliphatic carbocycles. The van der Waals surface area contributed by atoms with Crippen LogP contribution in [0.25, 0.3) is 10.9 Å². The number of pyridine rings is 1. The van der Waals surface area contributed by atoms with Crippen molar-refractivity contribution in [2.45, 2.75) is 13.8 Å². The maximum absolute atomic E-state index is 9.16. The molecular formula is C14H15N3. The zero-order valence-electron chi connectivity index (χ0n) is 10.6. The Balaban J connectivity index is 2.95. The Kier molecular flexibility index (Phi) is 2.72. The third kappa shape index (κ3) is 1.83. The lowest BCUT2D eigenvalue weighted by Gasteiger charge is -2.18. The fourth-order valence-corrected chi connectivity index (χ4v) is 2.23. The molecule has 0 fully saturated rings. The Bertz CT molecular complexity index is 621. The van der Waals surface area contributed by atoms with E-state index in [1.807, 2.05) is 19.0 Å². The highest BCUT2D eigenvalue weighted by Crippen LogP contribution is 2.31. The Morgan fingerprint density at radius 2 is 1.94 bits per heavy atom. The maximum Gasteiger partial charge on any atom is 0.103 e. The predicted octanol–water partition coefficient (Wildman–Crippen LogP) is 2.79. The molecule has 0 unspecified atom stereocenters. The zero-order valence-corrected chi connectivity index (χ0v) is 10.6. The van der Waals surface area contributed by atoms with Crippen molar-refractivity contribution in [3.63, 3.8) is 0 Å². The van der Waals surface area contributed by atoms with Crippen molar-refractivity contribution >= 4 is 16.6 Å². The molecule has 1 aromatic carbocycles. The highest BCUT2D eigenvalue weighted by atomic mass is 15.1. The van der Waals surface area contributed by atoms with Crippen molar-refractivity contribution in [1.29, 1.82) is 5.26 Å². The minimum atomic E-state index is 0.620. The van der Waals surface area contributed by atoms with Gasteiger partial charge in [0.1, 0.15) is 6.07 Å². The second-order valence-corrected chi connectivity index (χ2v) is 4.50. The van der Waals surface area contributed by atoms with Crippen molar-refractivity contribution in [3.8, 4) is 6.07 Å². The molecule has 0 N–H and O–H groups in total. The summed E-state index contributed by atoms with van der Waals surface area (Å²) in [6.45, 7) is 4.12. The highest BCUT2D eigenvalue weighted by molar-refractivity contribution is 5.97. The van der Waals surface area contributed by atoms with Gasteiger partial charge in [-0.3, -0.25) is 4.98 Å². The molecule has 2 rings (SSSR count). The first-order chi connectivity index (χ1) is 8.04. The second-order valence-electron chi connectivity index (χ2n) is 4.50. The lowest BCUT2D eigenvalue weighted by Crippen LogP contribution is -2.12. The van der Waals surface area contributed by atoms with E-state index in [-0.39, 0.29) is 0 Å². The van der Waals surface area contributed by atoms with Crippen molar-refractivity contribution in [2.24, 2.45) is 0 Å². The first-order valence-electron chi connectivity index (χ1n) is 5.52. The molecule has 17 heavy (non-hydrogen) atoms. The van der Waals surface area contributed by atoms with Crippen LogP contribution >= 0.6 is 0 Å². The van der Waals surface area contributed by atoms with Crippen LogP contribution in [0.4, 0.5) is 5.69 Å². The Hall–Kier alpha value is -2.08. The van der Waals surface area contributed by atoms with Crippen molar-refractivity contribution in [3.05, 3.63) is 35.0 Å². The van der Waals surface area contributed by atoms with Crippen LogP contribution in [0.3, 0.4) is 0 Å². The van der Waals surface area contributed by atoms with Crippen LogP contribution in [0.1, 0.15) is 16.7 Å². The molecule has 3 nitrogen and oxygen atoms in total. The number of nitriles is 1. The third-order valence-electron chi connectivity index (χ3n) is 2.85. The van der Waals surface area contributed by atoms with Crippen molar-refractivity contribution in [1.82, 2.24) is 4.98 Å². The molecule has 1 aromatic heterocycles. The Morgan fingerprint density at radius 1 is 1.24 bits per heavy atom. The number of aromatic nitrogens is 1. The molecule has 0 radical (unpaired) electrons. The number of anilines is 1. The van der Waals surface area contributed by atoms with E-state index >= 15 is 0 Å². The largest absolute Gasteiger partial charge is 0.376 e. The summed E-state index contributed by atoms with van der Waals surface area (Å²) < 4.78 is 0. The quantitative estimate of drug-likeness (QED) is 0.749. The van der Waals surface area contributed by atoms with E-state index in [0.29, 0.717) is 5.56 Å². The first-order valence-corrected chi connectivity index (χ1v) is 5.52. The summed E-state index contributed by atoms with van der Waals surface area (Å²) in [5.41, 5.74) is 4.87. The average molecular weight is 225 g/mol. The monoisotopic (exact) mass is 225 g/mol. The van der Waals surface area contributed by atoms with Gasteiger partial charge in [-0.15, -0.1) is 0 Å². The van der Waals surface area contributed by atoms with Crippen molar-refractivity contribution < 1.29 is 0 Å². The number of fused-ring (bicyclic) bond motifs is 1. The summed E-state index contributed by atoms with van der Waals surface area (Å²) in [6, 6.07) is 6.38. The molecule has 3 heteroatoms. The van der Waals surface area contributed by atoms with Crippen molar-refractivity contribution in [2.75, 3.05) is 19.0 Å². The molecule has 0 bridgehead atoms. The fourth-order valence-electron chi connectivity index (χ4n) is 2.23. The highest BCUT2D eigenvalue weighted by Gasteiger charge is 2.12. The fraction of sp³-hybridized carbons (Fsp3) is 0.286. The van der Waals surface area contributed by atoms with E-state index in [1.165, 1.54) is 5.56 Å². The standard InChI is InChI=1S/C14H15N3/c1-9-5-10(2)13-12(6-9)16-8-11(7-15)14(13)17(3)4/h5-6,8H,1-4H3. The summed E-state index contributed by atoms with van der Waals surface area (Å²) >= 11 is 0. The van der Waals surface area contributed by atoms with Gasteiger partial charge in [0.15, 0.2) is 0 Å². The van der Waals surface area contributed by atoms with Crippen LogP contribution in [-0.2, 0) is 0 Å². The molecule has 0 atom stereocenters. The SMILES string of the molecule is Cc1cc(C)c2c(N(C)C)c(C#N)cnc2c1. The van der Waals surface area contributed by atoms with E-state index in [2.05, 4.69) is 37.0 Å². The van der Waals surface area contributed by atoms with Gasteiger partial charge < -0.3 is 4.90 Å². The molecule has 0 spiro atoms. The summed E-state index contributed by atoms with van der Waals surface area (Å²) in [5.74, 6) is 0. The van der Waals surface area contributed by atoms with Crippen LogP contribution in [0.15, 0.2) is 18.3 Å². The van der Waals surface area contributed by atoms with E-state index in [0.717, 1.165) is 22.2 Å². The number of hydrogen-bond donors (Lipinski definition) is 0. The topological polar surface area (TPSA) is 39.9 Å². The Labute approximate surface area is 101 Å². The van der Waals surface area contributed by atoms with Crippen LogP contribution in [0, 0.1) is 25.2 Å². The van der Waals surface area contributed by atoms with E-state index < -0.39 is 0 Å². The minimum Gasteiger partial charge on any atom is -0.376 e. The summed E-state index contributed by atoms with van der Waals surface area (Å²) in [6.07, 6.45) is 1.65. The number of aryl methyl sites for hydroxylation is 2. The van der Waals surface area contributed by atoms with Crippen LogP contribution in [0.5, 0.6) is 0 Å². The van der Waals surface area contributed by atoms with Crippen LogP contribution in [0.2, 0.25) is 0 Å². The molecule has 0 aliphatic heterocycles. The number of hydrogen-bond acceptors (Lipinski definition) is 3. The average Bonchev–Trinajstić information content (AvgIpc) is 2.27. The molecule has 86 valence electrons. The Morgan fingerprint density at radius 3 is 2.53 bits per heavy atom. The molecule has 0 saturated heterocycles. The smallest absolute Gasteiger partial charge is 0.103 e. The molecule has 1 heterocycles. The minimum absolute atomic E-state index is 0.620. The molecule has 2 aromatic rings. The number of benzene rings is 1. The summed E-state index contributed by atoms with van der Waals surface area (Å²) in [7, 11) is 3.91. The van der Waals surface area contributed by atoms with Gasteiger partial charge >= 0.3 is 0 Å². The number of rotatable bonds is 1. The predicted molar refractivity (Wildman–Crippen MR) is 70.3 cm³/mol. The molecular weight excluding hydrogens is 210 g/mol. The van der Waals surface area contributed by atoms with Gasteiger partial charge in [-0.1, -0.05) is 6.07 Å².